The van der Waals surface area contributed by atoms with Gasteiger partial charge in [-0.25, -0.2) is 0 Å². The van der Waals surface area contributed by atoms with Crippen molar-refractivity contribution >= 4 is 39.9 Å². The van der Waals surface area contributed by atoms with Gasteiger partial charge in [0.05, 0.1) is 23.8 Å². The first-order chi connectivity index (χ1) is 11.2. The molecule has 0 atom stereocenters. The summed E-state index contributed by atoms with van der Waals surface area (Å²) in [6.07, 6.45) is 4.62. The average Bonchev–Trinajstić information content (AvgIpc) is 2.96. The van der Waals surface area contributed by atoms with Gasteiger partial charge < -0.3 is 15.4 Å². The molecule has 6 nitrogen and oxygen atoms in total. The molecule has 0 radical (unpaired) electrons. The number of nitrogens with zero attached hydrogens (tertiary/aromatic N) is 2. The Bertz CT molecular complexity index is 619. The number of ether oxygens (including phenoxy) is 1. The lowest BCUT2D eigenvalue weighted by Gasteiger charge is -2.08. The van der Waals surface area contributed by atoms with E-state index in [4.69, 9.17) is 4.74 Å². The summed E-state index contributed by atoms with van der Waals surface area (Å²) in [7, 11) is 1.63. The molecule has 1 aromatic carbocycles. The Kier molecular flexibility index (Phi) is 9.63. The molecule has 0 saturated carbocycles. The monoisotopic (exact) mass is 416 g/mol. The number of rotatable bonds is 9. The first-order valence-corrected chi connectivity index (χ1v) is 8.23. The van der Waals surface area contributed by atoms with E-state index >= 15 is 0 Å². The molecule has 1 amide bonds. The Hall–Kier alpha value is -1.41. The standard InChI is InChI=1S/C16H21BrN4O2.ClH/c1-23-9-7-18-11-16(22)20-15-4-2-13(3-5-15)6-8-21-12-14(17)10-19-21;/h2-5,10,12,18H,6-9,11H2,1H3,(H,20,22);1H. The van der Waals surface area contributed by atoms with Crippen LogP contribution in [0.25, 0.3) is 0 Å². The molecule has 0 bridgehead atoms. The van der Waals surface area contributed by atoms with Crippen LogP contribution in [0, 0.1) is 0 Å². The largest absolute Gasteiger partial charge is 0.383 e. The van der Waals surface area contributed by atoms with E-state index in [2.05, 4.69) is 31.7 Å². The van der Waals surface area contributed by atoms with E-state index in [0.717, 1.165) is 23.1 Å². The van der Waals surface area contributed by atoms with Gasteiger partial charge in [0.1, 0.15) is 0 Å². The number of carbonyl (C=O) groups is 1. The zero-order valence-electron chi connectivity index (χ0n) is 13.5. The van der Waals surface area contributed by atoms with Gasteiger partial charge in [-0.15, -0.1) is 12.4 Å². The van der Waals surface area contributed by atoms with Crippen LogP contribution in [0.5, 0.6) is 0 Å². The van der Waals surface area contributed by atoms with Crippen molar-refractivity contribution in [2.45, 2.75) is 13.0 Å². The fourth-order valence-corrected chi connectivity index (χ4v) is 2.37. The van der Waals surface area contributed by atoms with E-state index in [1.807, 2.05) is 35.1 Å². The fourth-order valence-electron chi connectivity index (χ4n) is 2.04. The van der Waals surface area contributed by atoms with Crippen molar-refractivity contribution in [3.63, 3.8) is 0 Å². The minimum atomic E-state index is -0.0600. The molecule has 0 unspecified atom stereocenters. The number of carbonyl (C=O) groups excluding carboxylic acids is 1. The zero-order valence-corrected chi connectivity index (χ0v) is 15.9. The van der Waals surface area contributed by atoms with E-state index in [-0.39, 0.29) is 24.9 Å². The van der Waals surface area contributed by atoms with Crippen LogP contribution in [0.1, 0.15) is 5.56 Å². The van der Waals surface area contributed by atoms with Crippen molar-refractivity contribution in [3.8, 4) is 0 Å². The highest BCUT2D eigenvalue weighted by molar-refractivity contribution is 9.10. The Morgan fingerprint density at radius 2 is 2.08 bits per heavy atom. The molecule has 0 saturated heterocycles. The molecule has 1 aromatic heterocycles. The molecule has 0 aliphatic heterocycles. The lowest BCUT2D eigenvalue weighted by Crippen LogP contribution is -2.30. The minimum absolute atomic E-state index is 0. The molecule has 2 N–H and O–H groups in total. The number of anilines is 1. The lowest BCUT2D eigenvalue weighted by molar-refractivity contribution is -0.115. The van der Waals surface area contributed by atoms with Crippen LogP contribution in [-0.2, 0) is 22.5 Å². The number of halogens is 2. The van der Waals surface area contributed by atoms with Gasteiger partial charge in [0, 0.05) is 32.1 Å². The summed E-state index contributed by atoms with van der Waals surface area (Å²) in [5, 5.41) is 10.1. The van der Waals surface area contributed by atoms with Gasteiger partial charge in [-0.2, -0.15) is 5.10 Å². The Balaban J connectivity index is 0.00000288. The molecule has 0 aliphatic rings. The van der Waals surface area contributed by atoms with E-state index in [9.17, 15) is 4.79 Å². The smallest absolute Gasteiger partial charge is 0.238 e. The topological polar surface area (TPSA) is 68.2 Å². The molecule has 132 valence electrons. The highest BCUT2D eigenvalue weighted by atomic mass is 79.9. The number of nitrogens with one attached hydrogen (secondary N) is 2. The number of aromatic nitrogens is 2. The molecular weight excluding hydrogens is 396 g/mol. The van der Waals surface area contributed by atoms with Crippen LogP contribution in [-0.4, -0.2) is 42.5 Å². The van der Waals surface area contributed by atoms with Gasteiger partial charge in [0.2, 0.25) is 5.91 Å². The highest BCUT2D eigenvalue weighted by Crippen LogP contribution is 2.11. The summed E-state index contributed by atoms with van der Waals surface area (Å²) >= 11 is 3.38. The van der Waals surface area contributed by atoms with Crippen LogP contribution in [0.3, 0.4) is 0 Å². The Morgan fingerprint density at radius 3 is 2.71 bits per heavy atom. The predicted molar refractivity (Wildman–Crippen MR) is 101 cm³/mol. The third-order valence-corrected chi connectivity index (χ3v) is 3.65. The second-order valence-corrected chi connectivity index (χ2v) is 6.00. The van der Waals surface area contributed by atoms with Gasteiger partial charge in [0.25, 0.3) is 0 Å². The van der Waals surface area contributed by atoms with Gasteiger partial charge in [-0.1, -0.05) is 12.1 Å². The molecular formula is C16H22BrClN4O2. The molecule has 0 fully saturated rings. The normalized spacial score (nSPS) is 10.2. The van der Waals surface area contributed by atoms with Crippen LogP contribution in [0.4, 0.5) is 5.69 Å². The molecule has 8 heteroatoms. The van der Waals surface area contributed by atoms with Crippen molar-refractivity contribution in [2.24, 2.45) is 0 Å². The lowest BCUT2D eigenvalue weighted by atomic mass is 10.1. The molecule has 2 aromatic rings. The van der Waals surface area contributed by atoms with Crippen molar-refractivity contribution in [1.82, 2.24) is 15.1 Å². The van der Waals surface area contributed by atoms with E-state index in [1.165, 1.54) is 5.56 Å². The number of benzene rings is 1. The van der Waals surface area contributed by atoms with Crippen LogP contribution in [0.15, 0.2) is 41.1 Å². The van der Waals surface area contributed by atoms with Crippen LogP contribution >= 0.6 is 28.3 Å². The predicted octanol–water partition coefficient (Wildman–Crippen LogP) is 2.48. The molecule has 2 rings (SSSR count). The number of methoxy groups -OCH3 is 1. The average molecular weight is 418 g/mol. The highest BCUT2D eigenvalue weighted by Gasteiger charge is 2.02. The van der Waals surface area contributed by atoms with Crippen molar-refractivity contribution in [1.29, 1.82) is 0 Å². The Morgan fingerprint density at radius 1 is 1.33 bits per heavy atom. The third kappa shape index (κ3) is 7.44. The van der Waals surface area contributed by atoms with Gasteiger partial charge in [0.15, 0.2) is 0 Å². The first-order valence-electron chi connectivity index (χ1n) is 7.44. The van der Waals surface area contributed by atoms with E-state index < -0.39 is 0 Å². The van der Waals surface area contributed by atoms with Crippen LogP contribution < -0.4 is 10.6 Å². The summed E-state index contributed by atoms with van der Waals surface area (Å²) in [6, 6.07) is 7.88. The summed E-state index contributed by atoms with van der Waals surface area (Å²) in [4.78, 5) is 11.7. The number of aryl methyl sites for hydroxylation is 2. The van der Waals surface area contributed by atoms with Gasteiger partial charge in [-0.05, 0) is 40.0 Å². The summed E-state index contributed by atoms with van der Waals surface area (Å²) in [5.41, 5.74) is 2.00. The second-order valence-electron chi connectivity index (χ2n) is 5.09. The number of hydrogen-bond donors (Lipinski definition) is 2. The molecule has 1 heterocycles. The Labute approximate surface area is 156 Å². The maximum Gasteiger partial charge on any atom is 0.238 e. The molecule has 0 aliphatic carbocycles. The van der Waals surface area contributed by atoms with E-state index in [0.29, 0.717) is 13.2 Å². The van der Waals surface area contributed by atoms with Gasteiger partial charge >= 0.3 is 0 Å². The van der Waals surface area contributed by atoms with Crippen molar-refractivity contribution < 1.29 is 9.53 Å². The van der Waals surface area contributed by atoms with Crippen molar-refractivity contribution in [2.75, 3.05) is 32.1 Å². The van der Waals surface area contributed by atoms with Crippen molar-refractivity contribution in [3.05, 3.63) is 46.7 Å². The number of hydrogen-bond acceptors (Lipinski definition) is 4. The SMILES string of the molecule is COCCNCC(=O)Nc1ccc(CCn2cc(Br)cn2)cc1.Cl. The second kappa shape index (κ2) is 11.2. The minimum Gasteiger partial charge on any atom is -0.383 e. The van der Waals surface area contributed by atoms with Crippen LogP contribution in [0.2, 0.25) is 0 Å². The summed E-state index contributed by atoms with van der Waals surface area (Å²) in [5.74, 6) is -0.0600. The summed E-state index contributed by atoms with van der Waals surface area (Å²) in [6.45, 7) is 2.35. The molecule has 24 heavy (non-hydrogen) atoms. The molecule has 0 spiro atoms. The third-order valence-electron chi connectivity index (χ3n) is 3.24. The maximum atomic E-state index is 11.7. The maximum absolute atomic E-state index is 11.7. The quantitative estimate of drug-likeness (QED) is 0.615. The summed E-state index contributed by atoms with van der Waals surface area (Å²) < 4.78 is 7.78. The first kappa shape index (κ1) is 20.6. The van der Waals surface area contributed by atoms with E-state index in [1.54, 1.807) is 13.3 Å². The zero-order chi connectivity index (χ0) is 16.5. The van der Waals surface area contributed by atoms with Gasteiger partial charge in [-0.3, -0.25) is 9.48 Å². The fraction of sp³-hybridized carbons (Fsp3) is 0.375. The number of amides is 1.